The number of nitro benzene ring substituents is 1. The number of hydrogen-bond donors (Lipinski definition) is 0. The summed E-state index contributed by atoms with van der Waals surface area (Å²) >= 11 is 1.60. The van der Waals surface area contributed by atoms with Gasteiger partial charge >= 0.3 is 0 Å². The standard InChI is InChI=1S/C12H13NO3S/c1-8-4-5-10(13(15)16)9(7-8)12(14)11-3-2-6-17-11/h4-5,7,11H,2-3,6H2,1H3. The highest BCUT2D eigenvalue weighted by atomic mass is 32.2. The zero-order chi connectivity index (χ0) is 12.4. The van der Waals surface area contributed by atoms with E-state index < -0.39 is 4.92 Å². The van der Waals surface area contributed by atoms with Gasteiger partial charge in [-0.3, -0.25) is 14.9 Å². The maximum absolute atomic E-state index is 12.2. The van der Waals surface area contributed by atoms with Crippen molar-refractivity contribution in [2.75, 3.05) is 5.75 Å². The number of nitrogens with zero attached hydrogens (tertiary/aromatic N) is 1. The lowest BCUT2D eigenvalue weighted by Gasteiger charge is -2.08. The van der Waals surface area contributed by atoms with Crippen LogP contribution in [0.1, 0.15) is 28.8 Å². The second-order valence-corrected chi connectivity index (χ2v) is 5.45. The molecule has 1 aromatic rings. The number of ketones is 1. The highest BCUT2D eigenvalue weighted by Crippen LogP contribution is 2.32. The molecule has 90 valence electrons. The fourth-order valence-electron chi connectivity index (χ4n) is 1.96. The molecule has 1 saturated heterocycles. The van der Waals surface area contributed by atoms with Crippen molar-refractivity contribution in [2.45, 2.75) is 25.0 Å². The van der Waals surface area contributed by atoms with Crippen molar-refractivity contribution < 1.29 is 9.72 Å². The molecule has 1 heterocycles. The monoisotopic (exact) mass is 251 g/mol. The van der Waals surface area contributed by atoms with Gasteiger partial charge in [0.05, 0.1) is 15.7 Å². The fraction of sp³-hybridized carbons (Fsp3) is 0.417. The van der Waals surface area contributed by atoms with E-state index in [2.05, 4.69) is 0 Å². The number of Topliss-reactive ketones (excluding diaryl/α,β-unsaturated/α-hetero) is 1. The van der Waals surface area contributed by atoms with Crippen LogP contribution in [0.2, 0.25) is 0 Å². The predicted molar refractivity (Wildman–Crippen MR) is 67.6 cm³/mol. The molecular formula is C12H13NO3S. The lowest BCUT2D eigenvalue weighted by Crippen LogP contribution is -2.16. The van der Waals surface area contributed by atoms with Gasteiger partial charge in [-0.1, -0.05) is 6.07 Å². The molecule has 0 saturated carbocycles. The molecule has 0 amide bonds. The Kier molecular flexibility index (Phi) is 3.47. The third-order valence-electron chi connectivity index (χ3n) is 2.84. The van der Waals surface area contributed by atoms with Crippen LogP contribution >= 0.6 is 11.8 Å². The summed E-state index contributed by atoms with van der Waals surface area (Å²) in [7, 11) is 0. The van der Waals surface area contributed by atoms with Crippen molar-refractivity contribution in [3.63, 3.8) is 0 Å². The van der Waals surface area contributed by atoms with Crippen LogP contribution in [0.15, 0.2) is 18.2 Å². The van der Waals surface area contributed by atoms with Crippen molar-refractivity contribution in [3.05, 3.63) is 39.4 Å². The van der Waals surface area contributed by atoms with Crippen LogP contribution in [0.3, 0.4) is 0 Å². The molecule has 0 spiro atoms. The first kappa shape index (κ1) is 12.1. The molecule has 0 N–H and O–H groups in total. The van der Waals surface area contributed by atoms with Crippen LogP contribution in [0.5, 0.6) is 0 Å². The van der Waals surface area contributed by atoms with Crippen LogP contribution in [0.25, 0.3) is 0 Å². The molecule has 2 rings (SSSR count). The molecule has 1 fully saturated rings. The number of thioether (sulfide) groups is 1. The van der Waals surface area contributed by atoms with Crippen molar-refractivity contribution in [3.8, 4) is 0 Å². The molecular weight excluding hydrogens is 238 g/mol. The minimum absolute atomic E-state index is 0.0758. The Bertz CT molecular complexity index is 467. The number of aryl methyl sites for hydroxylation is 1. The van der Waals surface area contributed by atoms with Crippen molar-refractivity contribution in [2.24, 2.45) is 0 Å². The highest BCUT2D eigenvalue weighted by Gasteiger charge is 2.29. The average molecular weight is 251 g/mol. The van der Waals surface area contributed by atoms with Gasteiger partial charge in [0.15, 0.2) is 5.78 Å². The molecule has 1 aliphatic rings. The first-order valence-corrected chi connectivity index (χ1v) is 6.55. The van der Waals surface area contributed by atoms with E-state index in [4.69, 9.17) is 0 Å². The number of carbonyl (C=O) groups excluding carboxylic acids is 1. The quantitative estimate of drug-likeness (QED) is 0.470. The van der Waals surface area contributed by atoms with Crippen LogP contribution in [-0.4, -0.2) is 21.7 Å². The van der Waals surface area contributed by atoms with Gasteiger partial charge in [0.2, 0.25) is 0 Å². The average Bonchev–Trinajstić information content (AvgIpc) is 2.80. The summed E-state index contributed by atoms with van der Waals surface area (Å²) in [6.07, 6.45) is 1.84. The maximum atomic E-state index is 12.2. The zero-order valence-electron chi connectivity index (χ0n) is 9.51. The van der Waals surface area contributed by atoms with E-state index in [0.717, 1.165) is 24.2 Å². The third kappa shape index (κ3) is 2.49. The van der Waals surface area contributed by atoms with Crippen molar-refractivity contribution in [1.82, 2.24) is 0 Å². The van der Waals surface area contributed by atoms with Crippen LogP contribution < -0.4 is 0 Å². The minimum Gasteiger partial charge on any atom is -0.293 e. The Labute approximate surface area is 104 Å². The van der Waals surface area contributed by atoms with Crippen LogP contribution in [-0.2, 0) is 0 Å². The number of rotatable bonds is 3. The van der Waals surface area contributed by atoms with Gasteiger partial charge in [-0.15, -0.1) is 0 Å². The van der Waals surface area contributed by atoms with E-state index >= 15 is 0 Å². The number of nitro groups is 1. The Morgan fingerprint density at radius 1 is 1.53 bits per heavy atom. The van der Waals surface area contributed by atoms with Crippen LogP contribution in [0, 0.1) is 17.0 Å². The van der Waals surface area contributed by atoms with Gasteiger partial charge in [-0.05, 0) is 37.1 Å². The minimum atomic E-state index is -0.480. The van der Waals surface area contributed by atoms with E-state index in [0.29, 0.717) is 0 Å². The van der Waals surface area contributed by atoms with E-state index in [1.807, 2.05) is 6.92 Å². The molecule has 0 aliphatic carbocycles. The molecule has 1 aromatic carbocycles. The maximum Gasteiger partial charge on any atom is 0.280 e. The normalized spacial score (nSPS) is 19.2. The molecule has 0 radical (unpaired) electrons. The number of carbonyl (C=O) groups is 1. The lowest BCUT2D eigenvalue weighted by atomic mass is 10.0. The Hall–Kier alpha value is -1.36. The van der Waals surface area contributed by atoms with Gasteiger partial charge in [0, 0.05) is 6.07 Å². The molecule has 0 aromatic heterocycles. The molecule has 17 heavy (non-hydrogen) atoms. The van der Waals surface area contributed by atoms with E-state index in [1.54, 1.807) is 23.9 Å². The number of benzene rings is 1. The summed E-state index contributed by atoms with van der Waals surface area (Å²) in [6.45, 7) is 1.84. The summed E-state index contributed by atoms with van der Waals surface area (Å²) in [4.78, 5) is 22.6. The van der Waals surface area contributed by atoms with Gasteiger partial charge in [0.1, 0.15) is 0 Å². The lowest BCUT2D eigenvalue weighted by molar-refractivity contribution is -0.385. The topological polar surface area (TPSA) is 60.2 Å². The Balaban J connectivity index is 2.38. The summed E-state index contributed by atoms with van der Waals surface area (Å²) in [5.41, 5.74) is 1.06. The molecule has 0 bridgehead atoms. The molecule has 5 heteroatoms. The van der Waals surface area contributed by atoms with E-state index in [9.17, 15) is 14.9 Å². The first-order chi connectivity index (χ1) is 8.09. The summed E-state index contributed by atoms with van der Waals surface area (Å²) < 4.78 is 0. The smallest absolute Gasteiger partial charge is 0.280 e. The second-order valence-electron chi connectivity index (χ2n) is 4.14. The summed E-state index contributed by atoms with van der Waals surface area (Å²) in [5, 5.41) is 10.8. The van der Waals surface area contributed by atoms with Gasteiger partial charge < -0.3 is 0 Å². The van der Waals surface area contributed by atoms with Gasteiger partial charge in [0.25, 0.3) is 5.69 Å². The molecule has 1 aliphatic heterocycles. The highest BCUT2D eigenvalue weighted by molar-refractivity contribution is 8.00. The molecule has 4 nitrogen and oxygen atoms in total. The Morgan fingerprint density at radius 3 is 2.88 bits per heavy atom. The second kappa shape index (κ2) is 4.87. The van der Waals surface area contributed by atoms with Crippen molar-refractivity contribution >= 4 is 23.2 Å². The van der Waals surface area contributed by atoms with E-state index in [1.165, 1.54) is 6.07 Å². The van der Waals surface area contributed by atoms with Crippen molar-refractivity contribution in [1.29, 1.82) is 0 Å². The fourth-order valence-corrected chi connectivity index (χ4v) is 3.19. The SMILES string of the molecule is Cc1ccc([N+](=O)[O-])c(C(=O)C2CCCS2)c1. The summed E-state index contributed by atoms with van der Waals surface area (Å²) in [6, 6.07) is 4.71. The number of hydrogen-bond acceptors (Lipinski definition) is 4. The van der Waals surface area contributed by atoms with E-state index in [-0.39, 0.29) is 22.3 Å². The molecule has 1 atom stereocenters. The Morgan fingerprint density at radius 2 is 2.29 bits per heavy atom. The third-order valence-corrected chi connectivity index (χ3v) is 4.21. The van der Waals surface area contributed by atoms with Crippen LogP contribution in [0.4, 0.5) is 5.69 Å². The first-order valence-electron chi connectivity index (χ1n) is 5.50. The van der Waals surface area contributed by atoms with Gasteiger partial charge in [-0.2, -0.15) is 11.8 Å². The molecule has 1 unspecified atom stereocenters. The van der Waals surface area contributed by atoms with Gasteiger partial charge in [-0.25, -0.2) is 0 Å². The zero-order valence-corrected chi connectivity index (χ0v) is 10.3. The largest absolute Gasteiger partial charge is 0.293 e. The predicted octanol–water partition coefficient (Wildman–Crippen LogP) is 2.98. The summed E-state index contributed by atoms with van der Waals surface area (Å²) in [5.74, 6) is 0.874.